The van der Waals surface area contributed by atoms with Crippen LogP contribution in [-0.4, -0.2) is 27.7 Å². The predicted molar refractivity (Wildman–Crippen MR) is 79.5 cm³/mol. The summed E-state index contributed by atoms with van der Waals surface area (Å²) in [5, 5.41) is 3.06. The molecule has 7 heteroatoms. The van der Waals surface area contributed by atoms with Gasteiger partial charge in [-0.15, -0.1) is 12.4 Å². The average Bonchev–Trinajstić information content (AvgIpc) is 2.44. The average molecular weight is 323 g/mol. The first-order valence-electron chi connectivity index (χ1n) is 6.47. The number of sulfonamides is 1. The molecule has 114 valence electrons. The minimum Gasteiger partial charge on any atom is -0.307 e. The zero-order valence-corrected chi connectivity index (χ0v) is 13.0. The van der Waals surface area contributed by atoms with Crippen LogP contribution in [-0.2, 0) is 23.0 Å². The van der Waals surface area contributed by atoms with Crippen LogP contribution in [0.4, 0.5) is 4.39 Å². The van der Waals surface area contributed by atoms with E-state index < -0.39 is 16.7 Å². The number of hydrogen-bond acceptors (Lipinski definition) is 3. The van der Waals surface area contributed by atoms with Crippen LogP contribution >= 0.6 is 12.4 Å². The number of fused-ring (bicyclic) bond motifs is 1. The van der Waals surface area contributed by atoms with Crippen LogP contribution in [0.15, 0.2) is 23.1 Å². The third-order valence-corrected chi connectivity index (χ3v) is 4.72. The van der Waals surface area contributed by atoms with Gasteiger partial charge in [-0.25, -0.2) is 17.5 Å². The Balaban J connectivity index is 0.00000200. The summed E-state index contributed by atoms with van der Waals surface area (Å²) in [5.74, 6) is 0. The van der Waals surface area contributed by atoms with Gasteiger partial charge in [-0.05, 0) is 36.1 Å². The molecule has 1 aliphatic heterocycles. The summed E-state index contributed by atoms with van der Waals surface area (Å²) in [4.78, 5) is 0.278. The maximum atomic E-state index is 12.6. The summed E-state index contributed by atoms with van der Waals surface area (Å²) in [6, 6.07) is 4.90. The summed E-state index contributed by atoms with van der Waals surface area (Å²) in [6.45, 7) is 2.45. The van der Waals surface area contributed by atoms with E-state index in [-0.39, 0.29) is 23.3 Å². The van der Waals surface area contributed by atoms with Gasteiger partial charge >= 0.3 is 0 Å². The van der Waals surface area contributed by atoms with Crippen molar-refractivity contribution in [1.29, 1.82) is 0 Å². The van der Waals surface area contributed by atoms with Crippen molar-refractivity contribution in [3.63, 3.8) is 0 Å². The lowest BCUT2D eigenvalue weighted by atomic mass is 9.96. The molecule has 0 radical (unpaired) electrons. The molecule has 1 atom stereocenters. The second kappa shape index (κ2) is 7.36. The molecule has 0 bridgehead atoms. The first-order chi connectivity index (χ1) is 9.06. The van der Waals surface area contributed by atoms with Gasteiger partial charge in [0.15, 0.2) is 0 Å². The molecule has 0 amide bonds. The Hall–Kier alpha value is -0.690. The Morgan fingerprint density at radius 2 is 2.15 bits per heavy atom. The number of hydrogen-bond donors (Lipinski definition) is 2. The molecule has 0 saturated heterocycles. The maximum Gasteiger partial charge on any atom is 0.240 e. The van der Waals surface area contributed by atoms with Crippen LogP contribution in [0.2, 0.25) is 0 Å². The fraction of sp³-hybridized carbons (Fsp3) is 0.538. The summed E-state index contributed by atoms with van der Waals surface area (Å²) < 4.78 is 39.2. The SMILES string of the molecule is CCCNS(=O)(=O)c1ccc2c(c1)CNC(CF)C2.Cl. The largest absolute Gasteiger partial charge is 0.307 e. The second-order valence-corrected chi connectivity index (χ2v) is 6.53. The summed E-state index contributed by atoms with van der Waals surface area (Å²) in [6.07, 6.45) is 1.36. The monoisotopic (exact) mass is 322 g/mol. The topological polar surface area (TPSA) is 58.2 Å². The first-order valence-corrected chi connectivity index (χ1v) is 7.96. The van der Waals surface area contributed by atoms with Gasteiger partial charge in [-0.1, -0.05) is 13.0 Å². The summed E-state index contributed by atoms with van der Waals surface area (Å²) in [5.41, 5.74) is 1.96. The summed E-state index contributed by atoms with van der Waals surface area (Å²) in [7, 11) is -3.43. The van der Waals surface area contributed by atoms with Gasteiger partial charge < -0.3 is 5.32 Å². The third-order valence-electron chi connectivity index (χ3n) is 3.26. The van der Waals surface area contributed by atoms with Crippen molar-refractivity contribution in [2.75, 3.05) is 13.2 Å². The summed E-state index contributed by atoms with van der Waals surface area (Å²) >= 11 is 0. The van der Waals surface area contributed by atoms with Crippen LogP contribution in [0.1, 0.15) is 24.5 Å². The normalized spacial score (nSPS) is 18.2. The number of alkyl halides is 1. The van der Waals surface area contributed by atoms with Crippen LogP contribution < -0.4 is 10.0 Å². The number of nitrogens with one attached hydrogen (secondary N) is 2. The number of halogens is 2. The minimum atomic E-state index is -3.43. The highest BCUT2D eigenvalue weighted by atomic mass is 35.5. The van der Waals surface area contributed by atoms with Crippen molar-refractivity contribution < 1.29 is 12.8 Å². The van der Waals surface area contributed by atoms with Gasteiger partial charge in [0.05, 0.1) is 4.90 Å². The van der Waals surface area contributed by atoms with Crippen LogP contribution in [0.5, 0.6) is 0 Å². The highest BCUT2D eigenvalue weighted by molar-refractivity contribution is 7.89. The molecule has 1 unspecified atom stereocenters. The molecule has 0 aromatic heterocycles. The first kappa shape index (κ1) is 17.4. The van der Waals surface area contributed by atoms with E-state index in [0.717, 1.165) is 17.5 Å². The maximum absolute atomic E-state index is 12.6. The lowest BCUT2D eigenvalue weighted by Gasteiger charge is -2.24. The molecule has 4 nitrogen and oxygen atoms in total. The van der Waals surface area contributed by atoms with Gasteiger partial charge in [0, 0.05) is 19.1 Å². The molecule has 1 aromatic rings. The van der Waals surface area contributed by atoms with E-state index in [1.54, 1.807) is 18.2 Å². The van der Waals surface area contributed by atoms with Gasteiger partial charge in [0.2, 0.25) is 10.0 Å². The van der Waals surface area contributed by atoms with Crippen molar-refractivity contribution in [2.45, 2.75) is 37.2 Å². The van der Waals surface area contributed by atoms with Crippen molar-refractivity contribution in [3.8, 4) is 0 Å². The molecule has 0 aliphatic carbocycles. The van der Waals surface area contributed by atoms with Crippen molar-refractivity contribution in [1.82, 2.24) is 10.0 Å². The fourth-order valence-corrected chi connectivity index (χ4v) is 3.34. The van der Waals surface area contributed by atoms with Crippen molar-refractivity contribution >= 4 is 22.4 Å². The predicted octanol–water partition coefficient (Wildman–Crippen LogP) is 1.78. The molecule has 0 saturated carbocycles. The van der Waals surface area contributed by atoms with Gasteiger partial charge in [0.1, 0.15) is 6.67 Å². The van der Waals surface area contributed by atoms with E-state index in [4.69, 9.17) is 0 Å². The van der Waals surface area contributed by atoms with E-state index >= 15 is 0 Å². The smallest absolute Gasteiger partial charge is 0.240 e. The van der Waals surface area contributed by atoms with E-state index in [0.29, 0.717) is 19.5 Å². The fourth-order valence-electron chi connectivity index (χ4n) is 2.15. The zero-order valence-electron chi connectivity index (χ0n) is 11.4. The Bertz CT molecular complexity index is 551. The van der Waals surface area contributed by atoms with Crippen molar-refractivity contribution in [3.05, 3.63) is 29.3 Å². The molecule has 20 heavy (non-hydrogen) atoms. The van der Waals surface area contributed by atoms with Crippen LogP contribution in [0.3, 0.4) is 0 Å². The van der Waals surface area contributed by atoms with Gasteiger partial charge in [-0.3, -0.25) is 0 Å². The molecule has 0 spiro atoms. The Kier molecular flexibility index (Phi) is 6.39. The minimum absolute atomic E-state index is 0. The lowest BCUT2D eigenvalue weighted by Crippen LogP contribution is -2.37. The number of rotatable bonds is 5. The lowest BCUT2D eigenvalue weighted by molar-refractivity contribution is 0.358. The van der Waals surface area contributed by atoms with E-state index in [1.165, 1.54) is 0 Å². The molecule has 2 N–H and O–H groups in total. The van der Waals surface area contributed by atoms with Crippen LogP contribution in [0, 0.1) is 0 Å². The van der Waals surface area contributed by atoms with E-state index in [2.05, 4.69) is 10.0 Å². The third kappa shape index (κ3) is 3.91. The standard InChI is InChI=1S/C13H19FN2O2S.ClH/c1-2-5-16-19(17,18)13-4-3-10-6-12(8-14)15-9-11(10)7-13;/h3-4,7,12,15-16H,2,5-6,8-9H2,1H3;1H. The van der Waals surface area contributed by atoms with Crippen LogP contribution in [0.25, 0.3) is 0 Å². The molecule has 1 aliphatic rings. The van der Waals surface area contributed by atoms with Gasteiger partial charge in [0.25, 0.3) is 0 Å². The second-order valence-electron chi connectivity index (χ2n) is 4.76. The zero-order chi connectivity index (χ0) is 13.9. The molecular formula is C13H20ClFN2O2S. The van der Waals surface area contributed by atoms with E-state index in [1.807, 2.05) is 6.92 Å². The highest BCUT2D eigenvalue weighted by Crippen LogP contribution is 2.21. The number of benzene rings is 1. The Morgan fingerprint density at radius 3 is 2.80 bits per heavy atom. The Labute approximate surface area is 125 Å². The molecule has 0 fully saturated rings. The molecular weight excluding hydrogens is 303 g/mol. The molecule has 1 aromatic carbocycles. The highest BCUT2D eigenvalue weighted by Gasteiger charge is 2.20. The molecule has 2 rings (SSSR count). The van der Waals surface area contributed by atoms with Crippen molar-refractivity contribution in [2.24, 2.45) is 0 Å². The molecule has 1 heterocycles. The Morgan fingerprint density at radius 1 is 1.40 bits per heavy atom. The van der Waals surface area contributed by atoms with E-state index in [9.17, 15) is 12.8 Å². The van der Waals surface area contributed by atoms with Gasteiger partial charge in [-0.2, -0.15) is 0 Å². The quantitative estimate of drug-likeness (QED) is 0.869.